The fourth-order valence-electron chi connectivity index (χ4n) is 3.07. The van der Waals surface area contributed by atoms with Crippen molar-refractivity contribution in [1.29, 1.82) is 0 Å². The van der Waals surface area contributed by atoms with Crippen LogP contribution in [0.4, 0.5) is 0 Å². The Morgan fingerprint density at radius 1 is 1.00 bits per heavy atom. The van der Waals surface area contributed by atoms with Crippen molar-refractivity contribution in [2.75, 3.05) is 32.7 Å². The molecule has 0 N–H and O–H groups in total. The Kier molecular flexibility index (Phi) is 5.42. The van der Waals surface area contributed by atoms with E-state index in [2.05, 4.69) is 39.0 Å². The van der Waals surface area contributed by atoms with Gasteiger partial charge in [0, 0.05) is 56.5 Å². The summed E-state index contributed by atoms with van der Waals surface area (Å²) >= 11 is 0. The second-order valence-corrected chi connectivity index (χ2v) is 6.00. The Balaban J connectivity index is 1.46. The largest absolute Gasteiger partial charge is 0.354 e. The predicted octanol–water partition coefficient (Wildman–Crippen LogP) is 2.12. The lowest BCUT2D eigenvalue weighted by Gasteiger charge is -2.22. The molecule has 3 heterocycles. The molecule has 1 aliphatic heterocycles. The van der Waals surface area contributed by atoms with Crippen molar-refractivity contribution in [3.05, 3.63) is 54.6 Å². The summed E-state index contributed by atoms with van der Waals surface area (Å²) in [6.45, 7) is 5.84. The van der Waals surface area contributed by atoms with Gasteiger partial charge < -0.3 is 14.4 Å². The van der Waals surface area contributed by atoms with Crippen LogP contribution in [-0.2, 0) is 6.54 Å². The van der Waals surface area contributed by atoms with Gasteiger partial charge in [-0.25, -0.2) is 0 Å². The molecule has 0 atom stereocenters. The van der Waals surface area contributed by atoms with E-state index in [-0.39, 0.29) is 5.91 Å². The minimum Gasteiger partial charge on any atom is -0.354 e. The molecule has 5 nitrogen and oxygen atoms in total. The van der Waals surface area contributed by atoms with Crippen LogP contribution in [0.3, 0.4) is 0 Å². The van der Waals surface area contributed by atoms with Crippen LogP contribution in [0, 0.1) is 0 Å². The van der Waals surface area contributed by atoms with Gasteiger partial charge in [-0.05, 0) is 50.2 Å². The van der Waals surface area contributed by atoms with Crippen LogP contribution in [0.2, 0.25) is 0 Å². The smallest absolute Gasteiger partial charge is 0.254 e. The quantitative estimate of drug-likeness (QED) is 0.849. The number of pyridine rings is 1. The van der Waals surface area contributed by atoms with E-state index >= 15 is 0 Å². The molecule has 3 rings (SSSR count). The van der Waals surface area contributed by atoms with Crippen LogP contribution in [0.5, 0.6) is 0 Å². The van der Waals surface area contributed by atoms with E-state index in [0.717, 1.165) is 57.7 Å². The number of carbonyl (C=O) groups excluding carboxylic acids is 1. The third-order valence-electron chi connectivity index (χ3n) is 4.36. The average molecular weight is 312 g/mol. The van der Waals surface area contributed by atoms with Crippen molar-refractivity contribution in [2.24, 2.45) is 0 Å². The van der Waals surface area contributed by atoms with Gasteiger partial charge in [-0.15, -0.1) is 0 Å². The minimum atomic E-state index is 0.126. The number of hydrogen-bond acceptors (Lipinski definition) is 3. The van der Waals surface area contributed by atoms with Crippen molar-refractivity contribution in [2.45, 2.75) is 19.4 Å². The third kappa shape index (κ3) is 4.42. The Morgan fingerprint density at radius 2 is 1.78 bits per heavy atom. The molecule has 23 heavy (non-hydrogen) atoms. The normalized spacial score (nSPS) is 16.3. The lowest BCUT2D eigenvalue weighted by Crippen LogP contribution is -2.35. The topological polar surface area (TPSA) is 41.4 Å². The monoisotopic (exact) mass is 312 g/mol. The molecule has 2 aromatic rings. The van der Waals surface area contributed by atoms with E-state index in [1.165, 1.54) is 0 Å². The molecule has 0 radical (unpaired) electrons. The molecule has 1 aliphatic rings. The number of hydrogen-bond donors (Lipinski definition) is 0. The highest BCUT2D eigenvalue weighted by atomic mass is 16.2. The molecule has 5 heteroatoms. The average Bonchev–Trinajstić information content (AvgIpc) is 3.00. The van der Waals surface area contributed by atoms with Gasteiger partial charge in [-0.3, -0.25) is 9.78 Å². The lowest BCUT2D eigenvalue weighted by molar-refractivity contribution is 0.0761. The van der Waals surface area contributed by atoms with Gasteiger partial charge in [0.2, 0.25) is 0 Å². The maximum Gasteiger partial charge on any atom is 0.254 e. The zero-order valence-electron chi connectivity index (χ0n) is 13.5. The van der Waals surface area contributed by atoms with Crippen LogP contribution in [0.15, 0.2) is 49.1 Å². The second-order valence-electron chi connectivity index (χ2n) is 6.00. The van der Waals surface area contributed by atoms with Crippen LogP contribution in [0.1, 0.15) is 23.2 Å². The second kappa shape index (κ2) is 7.92. The molecule has 0 bridgehead atoms. The number of nitrogens with zero attached hydrogens (tertiary/aromatic N) is 4. The number of aryl methyl sites for hydroxylation is 1. The SMILES string of the molecule is O=C(c1ccncc1)N1CCCN(CCCn2cccc2)CC1. The Hall–Kier alpha value is -2.14. The first-order valence-corrected chi connectivity index (χ1v) is 8.35. The maximum absolute atomic E-state index is 12.5. The molecule has 0 spiro atoms. The van der Waals surface area contributed by atoms with E-state index in [0.29, 0.717) is 0 Å². The highest BCUT2D eigenvalue weighted by Crippen LogP contribution is 2.09. The number of aromatic nitrogens is 2. The standard InChI is InChI=1S/C18H24N4O/c23-18(17-5-7-19-8-6-17)22-14-4-13-21(15-16-22)12-3-11-20-9-1-2-10-20/h1-2,5-10H,3-4,11-16H2. The van der Waals surface area contributed by atoms with Gasteiger partial charge in [0.15, 0.2) is 0 Å². The van der Waals surface area contributed by atoms with Gasteiger partial charge in [-0.1, -0.05) is 0 Å². The molecule has 0 saturated carbocycles. The zero-order valence-corrected chi connectivity index (χ0v) is 13.5. The molecular formula is C18H24N4O. The van der Waals surface area contributed by atoms with Gasteiger partial charge >= 0.3 is 0 Å². The Labute approximate surface area is 137 Å². The van der Waals surface area contributed by atoms with Crippen LogP contribution < -0.4 is 0 Å². The van der Waals surface area contributed by atoms with Crippen molar-refractivity contribution in [3.8, 4) is 0 Å². The summed E-state index contributed by atoms with van der Waals surface area (Å²) in [7, 11) is 0. The number of carbonyl (C=O) groups is 1. The van der Waals surface area contributed by atoms with E-state index < -0.39 is 0 Å². The first-order valence-electron chi connectivity index (χ1n) is 8.35. The predicted molar refractivity (Wildman–Crippen MR) is 90.2 cm³/mol. The molecule has 0 aromatic carbocycles. The van der Waals surface area contributed by atoms with Gasteiger partial charge in [0.25, 0.3) is 5.91 Å². The molecule has 1 saturated heterocycles. The first kappa shape index (κ1) is 15.7. The number of rotatable bonds is 5. The van der Waals surface area contributed by atoms with E-state index in [1.807, 2.05) is 4.90 Å². The zero-order chi connectivity index (χ0) is 15.9. The molecule has 0 unspecified atom stereocenters. The van der Waals surface area contributed by atoms with Crippen molar-refractivity contribution < 1.29 is 4.79 Å². The molecule has 1 fully saturated rings. The summed E-state index contributed by atoms with van der Waals surface area (Å²) in [5.74, 6) is 0.126. The summed E-state index contributed by atoms with van der Waals surface area (Å²) in [6.07, 6.45) is 9.76. The molecule has 122 valence electrons. The first-order chi connectivity index (χ1) is 11.3. The summed E-state index contributed by atoms with van der Waals surface area (Å²) in [5, 5.41) is 0. The van der Waals surface area contributed by atoms with Gasteiger partial charge in [0.05, 0.1) is 0 Å². The number of amides is 1. The van der Waals surface area contributed by atoms with Gasteiger partial charge in [0.1, 0.15) is 0 Å². The highest BCUT2D eigenvalue weighted by molar-refractivity contribution is 5.94. The Bertz CT molecular complexity index is 597. The lowest BCUT2D eigenvalue weighted by atomic mass is 10.2. The molecule has 0 aliphatic carbocycles. The molecule has 1 amide bonds. The highest BCUT2D eigenvalue weighted by Gasteiger charge is 2.19. The molecular weight excluding hydrogens is 288 g/mol. The summed E-state index contributed by atoms with van der Waals surface area (Å²) in [4.78, 5) is 20.9. The van der Waals surface area contributed by atoms with Crippen molar-refractivity contribution in [3.63, 3.8) is 0 Å². The maximum atomic E-state index is 12.5. The summed E-state index contributed by atoms with van der Waals surface area (Å²) < 4.78 is 2.22. The van der Waals surface area contributed by atoms with E-state index in [1.54, 1.807) is 24.5 Å². The Morgan fingerprint density at radius 3 is 2.57 bits per heavy atom. The minimum absolute atomic E-state index is 0.126. The summed E-state index contributed by atoms with van der Waals surface area (Å²) in [5.41, 5.74) is 0.737. The summed E-state index contributed by atoms with van der Waals surface area (Å²) in [6, 6.07) is 7.72. The van der Waals surface area contributed by atoms with Gasteiger partial charge in [-0.2, -0.15) is 0 Å². The van der Waals surface area contributed by atoms with Crippen LogP contribution >= 0.6 is 0 Å². The van der Waals surface area contributed by atoms with E-state index in [4.69, 9.17) is 0 Å². The van der Waals surface area contributed by atoms with Crippen molar-refractivity contribution in [1.82, 2.24) is 19.4 Å². The fourth-order valence-corrected chi connectivity index (χ4v) is 3.07. The third-order valence-corrected chi connectivity index (χ3v) is 4.36. The van der Waals surface area contributed by atoms with E-state index in [9.17, 15) is 4.79 Å². The van der Waals surface area contributed by atoms with Crippen LogP contribution in [-0.4, -0.2) is 58.0 Å². The molecule has 2 aromatic heterocycles. The fraction of sp³-hybridized carbons (Fsp3) is 0.444. The van der Waals surface area contributed by atoms with Crippen molar-refractivity contribution >= 4 is 5.91 Å². The van der Waals surface area contributed by atoms with Crippen LogP contribution in [0.25, 0.3) is 0 Å².